The van der Waals surface area contributed by atoms with Gasteiger partial charge in [-0.2, -0.15) is 0 Å². The van der Waals surface area contributed by atoms with Crippen molar-refractivity contribution in [3.8, 4) is 0 Å². The molecule has 2 aromatic heterocycles. The molecule has 0 radical (unpaired) electrons. The van der Waals surface area contributed by atoms with Crippen LogP contribution >= 0.6 is 0 Å². The van der Waals surface area contributed by atoms with E-state index in [9.17, 15) is 0 Å². The summed E-state index contributed by atoms with van der Waals surface area (Å²) in [6, 6.07) is 6.00. The Morgan fingerprint density at radius 2 is 1.65 bits per heavy atom. The van der Waals surface area contributed by atoms with Crippen molar-refractivity contribution in [1.29, 1.82) is 0 Å². The number of nitrogens with zero attached hydrogens (tertiary/aromatic N) is 2. The highest BCUT2D eigenvalue weighted by Gasteiger charge is 2.14. The maximum Gasteiger partial charge on any atom is 0.0573 e. The number of nitrogens with one attached hydrogen (secondary N) is 1. The van der Waals surface area contributed by atoms with Gasteiger partial charge in [0.2, 0.25) is 0 Å². The molecule has 0 fully saturated rings. The Balaban J connectivity index is 2.23. The van der Waals surface area contributed by atoms with E-state index < -0.39 is 0 Å². The highest BCUT2D eigenvalue weighted by atomic mass is 14.9. The van der Waals surface area contributed by atoms with E-state index in [1.165, 1.54) is 5.56 Å². The van der Waals surface area contributed by atoms with Gasteiger partial charge in [-0.25, -0.2) is 0 Å². The molecule has 17 heavy (non-hydrogen) atoms. The zero-order chi connectivity index (χ0) is 12.3. The molecule has 0 saturated heterocycles. The standard InChI is InChI=1S/C14H17N3/c1-14(2,3)11-8-13(10-16-9-11)17-12-4-6-15-7-5-12/h4-10H,1-3H3,(H,15,17). The van der Waals surface area contributed by atoms with Crippen LogP contribution in [0.2, 0.25) is 0 Å². The van der Waals surface area contributed by atoms with Gasteiger partial charge in [-0.15, -0.1) is 0 Å². The molecule has 0 aromatic carbocycles. The molecule has 2 rings (SSSR count). The van der Waals surface area contributed by atoms with Crippen LogP contribution in [0.1, 0.15) is 26.3 Å². The highest BCUT2D eigenvalue weighted by molar-refractivity contribution is 5.58. The fourth-order valence-corrected chi connectivity index (χ4v) is 1.52. The molecule has 0 saturated carbocycles. The van der Waals surface area contributed by atoms with E-state index in [1.807, 2.05) is 24.5 Å². The summed E-state index contributed by atoms with van der Waals surface area (Å²) in [5, 5.41) is 3.31. The van der Waals surface area contributed by atoms with Crippen molar-refractivity contribution in [2.75, 3.05) is 5.32 Å². The summed E-state index contributed by atoms with van der Waals surface area (Å²) in [4.78, 5) is 8.26. The summed E-state index contributed by atoms with van der Waals surface area (Å²) in [6.07, 6.45) is 7.28. The van der Waals surface area contributed by atoms with Gasteiger partial charge in [0.25, 0.3) is 0 Å². The third kappa shape index (κ3) is 3.03. The molecule has 1 N–H and O–H groups in total. The quantitative estimate of drug-likeness (QED) is 0.853. The molecule has 88 valence electrons. The normalized spacial score (nSPS) is 11.2. The van der Waals surface area contributed by atoms with E-state index in [0.717, 1.165) is 11.4 Å². The Hall–Kier alpha value is -1.90. The Morgan fingerprint density at radius 1 is 0.941 bits per heavy atom. The zero-order valence-corrected chi connectivity index (χ0v) is 10.4. The summed E-state index contributed by atoms with van der Waals surface area (Å²) >= 11 is 0. The first-order chi connectivity index (χ1) is 8.05. The van der Waals surface area contributed by atoms with E-state index in [1.54, 1.807) is 12.4 Å². The number of anilines is 2. The first-order valence-corrected chi connectivity index (χ1v) is 5.68. The molecule has 2 heterocycles. The van der Waals surface area contributed by atoms with Gasteiger partial charge in [0.15, 0.2) is 0 Å². The second-order valence-electron chi connectivity index (χ2n) is 5.07. The largest absolute Gasteiger partial charge is 0.354 e. The van der Waals surface area contributed by atoms with Gasteiger partial charge in [0, 0.05) is 24.3 Å². The number of pyridine rings is 2. The fourth-order valence-electron chi connectivity index (χ4n) is 1.52. The van der Waals surface area contributed by atoms with Crippen LogP contribution in [0.5, 0.6) is 0 Å². The number of hydrogen-bond acceptors (Lipinski definition) is 3. The SMILES string of the molecule is CC(C)(C)c1cncc(Nc2ccncc2)c1. The summed E-state index contributed by atoms with van der Waals surface area (Å²) in [7, 11) is 0. The predicted octanol–water partition coefficient (Wildman–Crippen LogP) is 3.52. The van der Waals surface area contributed by atoms with Gasteiger partial charge in [-0.05, 0) is 29.2 Å². The van der Waals surface area contributed by atoms with Crippen LogP contribution in [0, 0.1) is 0 Å². The number of hydrogen-bond donors (Lipinski definition) is 1. The highest BCUT2D eigenvalue weighted by Crippen LogP contribution is 2.24. The summed E-state index contributed by atoms with van der Waals surface area (Å²) in [6.45, 7) is 6.54. The van der Waals surface area contributed by atoms with Crippen LogP contribution in [0.3, 0.4) is 0 Å². The molecule has 0 bridgehead atoms. The molecule has 0 spiro atoms. The Labute approximate surface area is 102 Å². The third-order valence-electron chi connectivity index (χ3n) is 2.57. The average molecular weight is 227 g/mol. The van der Waals surface area contributed by atoms with E-state index in [-0.39, 0.29) is 5.41 Å². The lowest BCUT2D eigenvalue weighted by molar-refractivity contribution is 0.588. The van der Waals surface area contributed by atoms with Crippen molar-refractivity contribution in [2.45, 2.75) is 26.2 Å². The van der Waals surface area contributed by atoms with Crippen LogP contribution in [0.25, 0.3) is 0 Å². The lowest BCUT2D eigenvalue weighted by Gasteiger charge is -2.19. The second kappa shape index (κ2) is 4.53. The van der Waals surface area contributed by atoms with Gasteiger partial charge in [-0.3, -0.25) is 9.97 Å². The van der Waals surface area contributed by atoms with E-state index in [2.05, 4.69) is 42.1 Å². The van der Waals surface area contributed by atoms with Gasteiger partial charge in [0.1, 0.15) is 0 Å². The van der Waals surface area contributed by atoms with Gasteiger partial charge >= 0.3 is 0 Å². The van der Waals surface area contributed by atoms with Crippen LogP contribution in [-0.4, -0.2) is 9.97 Å². The topological polar surface area (TPSA) is 37.8 Å². The van der Waals surface area contributed by atoms with Crippen LogP contribution in [0.4, 0.5) is 11.4 Å². The average Bonchev–Trinajstić information content (AvgIpc) is 2.29. The van der Waals surface area contributed by atoms with E-state index in [4.69, 9.17) is 0 Å². The molecule has 0 aliphatic carbocycles. The summed E-state index contributed by atoms with van der Waals surface area (Å²) < 4.78 is 0. The van der Waals surface area contributed by atoms with Crippen molar-refractivity contribution in [3.63, 3.8) is 0 Å². The fraction of sp³-hybridized carbons (Fsp3) is 0.286. The zero-order valence-electron chi connectivity index (χ0n) is 10.4. The molecule has 0 amide bonds. The summed E-state index contributed by atoms with van der Waals surface area (Å²) in [5.41, 5.74) is 3.36. The molecule has 0 aliphatic heterocycles. The van der Waals surface area contributed by atoms with E-state index >= 15 is 0 Å². The first-order valence-electron chi connectivity index (χ1n) is 5.68. The molecule has 0 atom stereocenters. The third-order valence-corrected chi connectivity index (χ3v) is 2.57. The molecule has 0 aliphatic rings. The van der Waals surface area contributed by atoms with Gasteiger partial charge in [-0.1, -0.05) is 20.8 Å². The molecule has 3 heteroatoms. The maximum atomic E-state index is 4.27. The lowest BCUT2D eigenvalue weighted by Crippen LogP contribution is -2.11. The Bertz CT molecular complexity index is 486. The van der Waals surface area contributed by atoms with Crippen molar-refractivity contribution in [1.82, 2.24) is 9.97 Å². The molecule has 2 aromatic rings. The number of aromatic nitrogens is 2. The minimum absolute atomic E-state index is 0.114. The maximum absolute atomic E-state index is 4.27. The minimum Gasteiger partial charge on any atom is -0.354 e. The lowest BCUT2D eigenvalue weighted by atomic mass is 9.88. The smallest absolute Gasteiger partial charge is 0.0573 e. The Kier molecular flexibility index (Phi) is 3.09. The van der Waals surface area contributed by atoms with Gasteiger partial charge < -0.3 is 5.32 Å². The minimum atomic E-state index is 0.114. The van der Waals surface area contributed by atoms with E-state index in [0.29, 0.717) is 0 Å². The Morgan fingerprint density at radius 3 is 2.29 bits per heavy atom. The van der Waals surface area contributed by atoms with Crippen LogP contribution < -0.4 is 5.32 Å². The van der Waals surface area contributed by atoms with Crippen molar-refractivity contribution in [2.24, 2.45) is 0 Å². The molecule has 3 nitrogen and oxygen atoms in total. The summed E-state index contributed by atoms with van der Waals surface area (Å²) in [5.74, 6) is 0. The molecule has 0 unspecified atom stereocenters. The monoisotopic (exact) mass is 227 g/mol. The first kappa shape index (κ1) is 11.6. The molecular formula is C14H17N3. The molecular weight excluding hydrogens is 210 g/mol. The predicted molar refractivity (Wildman–Crippen MR) is 70.5 cm³/mol. The van der Waals surface area contributed by atoms with Gasteiger partial charge in [0.05, 0.1) is 11.9 Å². The number of rotatable bonds is 2. The second-order valence-corrected chi connectivity index (χ2v) is 5.07. The van der Waals surface area contributed by atoms with Crippen molar-refractivity contribution in [3.05, 3.63) is 48.5 Å². The van der Waals surface area contributed by atoms with Crippen molar-refractivity contribution < 1.29 is 0 Å². The van der Waals surface area contributed by atoms with Crippen LogP contribution in [0.15, 0.2) is 43.0 Å². The van der Waals surface area contributed by atoms with Crippen molar-refractivity contribution >= 4 is 11.4 Å². The van der Waals surface area contributed by atoms with Crippen LogP contribution in [-0.2, 0) is 5.41 Å².